The van der Waals surface area contributed by atoms with Gasteiger partial charge in [-0.2, -0.15) is 0 Å². The normalized spacial score (nSPS) is 14.6. The van der Waals surface area contributed by atoms with Crippen LogP contribution < -0.4 is 20.7 Å². The van der Waals surface area contributed by atoms with E-state index in [-0.39, 0.29) is 5.91 Å². The lowest BCUT2D eigenvalue weighted by molar-refractivity contribution is 0.0341. The van der Waals surface area contributed by atoms with Crippen molar-refractivity contribution in [2.45, 2.75) is 13.1 Å². The van der Waals surface area contributed by atoms with Gasteiger partial charge in [0.1, 0.15) is 5.75 Å². The van der Waals surface area contributed by atoms with Gasteiger partial charge >= 0.3 is 0 Å². The molecule has 32 heavy (non-hydrogen) atoms. The lowest BCUT2D eigenvalue weighted by Gasteiger charge is -2.27. The maximum Gasteiger partial charge on any atom is 0.251 e. The summed E-state index contributed by atoms with van der Waals surface area (Å²) in [5, 5.41) is 9.51. The van der Waals surface area contributed by atoms with E-state index >= 15 is 0 Å². The van der Waals surface area contributed by atoms with Crippen LogP contribution in [0.15, 0.2) is 53.5 Å². The summed E-state index contributed by atoms with van der Waals surface area (Å²) in [6.45, 7) is 6.18. The van der Waals surface area contributed by atoms with Gasteiger partial charge in [0.2, 0.25) is 0 Å². The van der Waals surface area contributed by atoms with Gasteiger partial charge in [-0.25, -0.2) is 0 Å². The number of rotatable bonds is 9. The molecule has 0 spiro atoms. The van der Waals surface area contributed by atoms with Crippen LogP contribution in [0, 0.1) is 0 Å². The zero-order valence-corrected chi connectivity index (χ0v) is 18.9. The van der Waals surface area contributed by atoms with Crippen LogP contribution in [0.2, 0.25) is 0 Å². The summed E-state index contributed by atoms with van der Waals surface area (Å²) in [5.41, 5.74) is 3.16. The van der Waals surface area contributed by atoms with Crippen LogP contribution >= 0.6 is 0 Å². The monoisotopic (exact) mass is 439 g/mol. The van der Waals surface area contributed by atoms with Gasteiger partial charge in [-0.15, -0.1) is 0 Å². The molecule has 1 fully saturated rings. The second-order valence-corrected chi connectivity index (χ2v) is 7.49. The molecule has 1 aliphatic heterocycles. The van der Waals surface area contributed by atoms with Crippen molar-refractivity contribution in [1.29, 1.82) is 0 Å². The molecule has 1 aliphatic rings. The second-order valence-electron chi connectivity index (χ2n) is 7.49. The smallest absolute Gasteiger partial charge is 0.251 e. The number of carbonyl (C=O) groups is 1. The minimum Gasteiger partial charge on any atom is -0.497 e. The first-order chi connectivity index (χ1) is 15.7. The molecule has 0 radical (unpaired) electrons. The van der Waals surface area contributed by atoms with E-state index in [2.05, 4.69) is 50.1 Å². The molecule has 2 aromatic rings. The van der Waals surface area contributed by atoms with Gasteiger partial charge in [0.25, 0.3) is 5.91 Å². The molecule has 1 amide bonds. The summed E-state index contributed by atoms with van der Waals surface area (Å²) in [6.07, 6.45) is 0. The molecule has 1 heterocycles. The maximum absolute atomic E-state index is 12.2. The molecule has 8 nitrogen and oxygen atoms in total. The zero-order valence-electron chi connectivity index (χ0n) is 18.9. The minimum absolute atomic E-state index is 0.116. The second kappa shape index (κ2) is 12.7. The van der Waals surface area contributed by atoms with Crippen LogP contribution in [0.3, 0.4) is 0 Å². The number of benzene rings is 2. The van der Waals surface area contributed by atoms with Crippen molar-refractivity contribution in [1.82, 2.24) is 20.9 Å². The third kappa shape index (κ3) is 7.25. The average molecular weight is 440 g/mol. The number of nitrogens with one attached hydrogen (secondary N) is 3. The fourth-order valence-corrected chi connectivity index (χ4v) is 3.49. The van der Waals surface area contributed by atoms with Gasteiger partial charge in [0, 0.05) is 51.9 Å². The highest BCUT2D eigenvalue weighted by Crippen LogP contribution is 2.13. The van der Waals surface area contributed by atoms with Crippen molar-refractivity contribution < 1.29 is 14.3 Å². The van der Waals surface area contributed by atoms with Crippen molar-refractivity contribution in [2.75, 3.05) is 53.6 Å². The Morgan fingerprint density at radius 2 is 1.69 bits per heavy atom. The van der Waals surface area contributed by atoms with Crippen molar-refractivity contribution in [2.24, 2.45) is 4.99 Å². The number of guanidine groups is 1. The van der Waals surface area contributed by atoms with E-state index in [9.17, 15) is 4.79 Å². The Kier molecular flexibility index (Phi) is 9.34. The maximum atomic E-state index is 12.2. The third-order valence-electron chi connectivity index (χ3n) is 5.34. The Labute approximate surface area is 190 Å². The van der Waals surface area contributed by atoms with Gasteiger partial charge in [0.05, 0.1) is 20.3 Å². The van der Waals surface area contributed by atoms with Crippen molar-refractivity contribution in [3.63, 3.8) is 0 Å². The SMILES string of the molecule is CN=C(NCCNC(=O)c1ccc(OC)cc1)NCc1ccccc1CN1CCOCC1. The molecule has 3 N–H and O–H groups in total. The van der Waals surface area contributed by atoms with Crippen molar-refractivity contribution in [3.05, 3.63) is 65.2 Å². The summed E-state index contributed by atoms with van der Waals surface area (Å²) >= 11 is 0. The molecule has 3 rings (SSSR count). The Morgan fingerprint density at radius 3 is 2.38 bits per heavy atom. The highest BCUT2D eigenvalue weighted by Gasteiger charge is 2.13. The number of ether oxygens (including phenoxy) is 2. The fraction of sp³-hybridized carbons (Fsp3) is 0.417. The first-order valence-corrected chi connectivity index (χ1v) is 10.9. The fourth-order valence-electron chi connectivity index (χ4n) is 3.49. The number of amides is 1. The van der Waals surface area contributed by atoms with Crippen LogP contribution in [-0.4, -0.2) is 70.3 Å². The molecule has 1 saturated heterocycles. The van der Waals surface area contributed by atoms with E-state index in [1.54, 1.807) is 38.4 Å². The molecule has 0 aliphatic carbocycles. The van der Waals surface area contributed by atoms with Gasteiger partial charge in [-0.3, -0.25) is 14.7 Å². The molecule has 0 saturated carbocycles. The molecule has 2 aromatic carbocycles. The van der Waals surface area contributed by atoms with Crippen LogP contribution in [0.1, 0.15) is 21.5 Å². The van der Waals surface area contributed by atoms with E-state index in [4.69, 9.17) is 9.47 Å². The predicted octanol–water partition coefficient (Wildman–Crippen LogP) is 1.62. The molecular formula is C24H33N5O3. The predicted molar refractivity (Wildman–Crippen MR) is 126 cm³/mol. The minimum atomic E-state index is -0.116. The number of hydrogen-bond donors (Lipinski definition) is 3. The third-order valence-corrected chi connectivity index (χ3v) is 5.34. The molecule has 0 unspecified atom stereocenters. The van der Waals surface area contributed by atoms with Crippen molar-refractivity contribution in [3.8, 4) is 5.75 Å². The van der Waals surface area contributed by atoms with E-state index in [0.717, 1.165) is 38.6 Å². The number of morpholine rings is 1. The number of nitrogens with zero attached hydrogens (tertiary/aromatic N) is 2. The quantitative estimate of drug-likeness (QED) is 0.313. The van der Waals surface area contributed by atoms with Crippen LogP contribution in [0.25, 0.3) is 0 Å². The van der Waals surface area contributed by atoms with Crippen LogP contribution in [-0.2, 0) is 17.8 Å². The van der Waals surface area contributed by atoms with Crippen LogP contribution in [0.5, 0.6) is 5.75 Å². The summed E-state index contributed by atoms with van der Waals surface area (Å²) in [5.74, 6) is 1.31. The summed E-state index contributed by atoms with van der Waals surface area (Å²) in [7, 11) is 3.34. The average Bonchev–Trinajstić information content (AvgIpc) is 2.85. The van der Waals surface area contributed by atoms with E-state index < -0.39 is 0 Å². The summed E-state index contributed by atoms with van der Waals surface area (Å²) < 4.78 is 10.6. The van der Waals surface area contributed by atoms with E-state index in [1.807, 2.05) is 0 Å². The number of aliphatic imine (C=N–C) groups is 1. The first-order valence-electron chi connectivity index (χ1n) is 10.9. The largest absolute Gasteiger partial charge is 0.497 e. The van der Waals surface area contributed by atoms with E-state index in [1.165, 1.54) is 11.1 Å². The van der Waals surface area contributed by atoms with Gasteiger partial charge < -0.3 is 25.4 Å². The Bertz CT molecular complexity index is 879. The summed E-state index contributed by atoms with van der Waals surface area (Å²) in [4.78, 5) is 18.9. The van der Waals surface area contributed by atoms with Gasteiger partial charge in [-0.05, 0) is 35.4 Å². The van der Waals surface area contributed by atoms with Crippen molar-refractivity contribution >= 4 is 11.9 Å². The highest BCUT2D eigenvalue weighted by atomic mass is 16.5. The van der Waals surface area contributed by atoms with Crippen LogP contribution in [0.4, 0.5) is 0 Å². The molecule has 172 valence electrons. The highest BCUT2D eigenvalue weighted by molar-refractivity contribution is 5.94. The number of hydrogen-bond acceptors (Lipinski definition) is 5. The molecule has 8 heteroatoms. The topological polar surface area (TPSA) is 87.2 Å². The van der Waals surface area contributed by atoms with Gasteiger partial charge in [-0.1, -0.05) is 24.3 Å². The molecule has 0 aromatic heterocycles. The van der Waals surface area contributed by atoms with Gasteiger partial charge in [0.15, 0.2) is 5.96 Å². The molecule has 0 atom stereocenters. The summed E-state index contributed by atoms with van der Waals surface area (Å²) in [6, 6.07) is 15.5. The van der Waals surface area contributed by atoms with E-state index in [0.29, 0.717) is 31.2 Å². The lowest BCUT2D eigenvalue weighted by atomic mass is 10.1. The Hall–Kier alpha value is -3.10. The first kappa shape index (κ1) is 23.6. The standard InChI is InChI=1S/C24H33N5O3/c1-25-24(27-12-11-26-23(30)19-7-9-22(31-2)10-8-19)28-17-20-5-3-4-6-21(20)18-29-13-15-32-16-14-29/h3-10H,11-18H2,1-2H3,(H,26,30)(H2,25,27,28). The lowest BCUT2D eigenvalue weighted by Crippen LogP contribution is -2.41. The Balaban J connectivity index is 1.41. The Morgan fingerprint density at radius 1 is 1.00 bits per heavy atom. The number of methoxy groups -OCH3 is 1. The molecule has 0 bridgehead atoms. The number of carbonyl (C=O) groups excluding carboxylic acids is 1. The zero-order chi connectivity index (χ0) is 22.6. The molecular weight excluding hydrogens is 406 g/mol.